The van der Waals surface area contributed by atoms with Crippen molar-refractivity contribution in [3.63, 3.8) is 0 Å². The Morgan fingerprint density at radius 2 is 1.78 bits per heavy atom. The second kappa shape index (κ2) is 9.29. The minimum atomic E-state index is -1.04. The molecule has 0 saturated heterocycles. The molecule has 0 saturated carbocycles. The SMILES string of the molecule is COc1cc([C@H]2C(C(=O)c3ccco3)=C(O)C(=O)N2c2nc3c(C)cc(C)cc3s2)cc(OC)c1OC. The van der Waals surface area contributed by atoms with Crippen molar-refractivity contribution in [2.45, 2.75) is 19.9 Å². The number of thiazole rings is 1. The van der Waals surface area contributed by atoms with Crippen LogP contribution >= 0.6 is 11.3 Å². The van der Waals surface area contributed by atoms with Gasteiger partial charge in [0.2, 0.25) is 11.5 Å². The molecule has 10 heteroatoms. The number of Topliss-reactive ketones (excluding diaryl/α,β-unsaturated/α-hetero) is 1. The van der Waals surface area contributed by atoms with E-state index >= 15 is 0 Å². The van der Waals surface area contributed by atoms with Gasteiger partial charge in [-0.05, 0) is 60.9 Å². The summed E-state index contributed by atoms with van der Waals surface area (Å²) in [7, 11) is 4.42. The van der Waals surface area contributed by atoms with Gasteiger partial charge in [-0.25, -0.2) is 4.98 Å². The van der Waals surface area contributed by atoms with Gasteiger partial charge in [0.15, 0.2) is 28.1 Å². The second-order valence-corrected chi connectivity index (χ2v) is 9.54. The van der Waals surface area contributed by atoms with E-state index in [1.165, 1.54) is 49.9 Å². The predicted octanol–water partition coefficient (Wildman–Crippen LogP) is 5.31. The average Bonchev–Trinajstić information content (AvgIpc) is 3.62. The van der Waals surface area contributed by atoms with E-state index in [1.54, 1.807) is 18.2 Å². The van der Waals surface area contributed by atoms with Crippen LogP contribution in [-0.4, -0.2) is 43.1 Å². The molecule has 1 amide bonds. The molecule has 2 aromatic heterocycles. The molecule has 0 spiro atoms. The first kappa shape index (κ1) is 24.4. The molecule has 9 nitrogen and oxygen atoms in total. The first-order chi connectivity index (χ1) is 17.8. The maximum Gasteiger partial charge on any atom is 0.296 e. The third-order valence-corrected chi connectivity index (χ3v) is 7.23. The van der Waals surface area contributed by atoms with Gasteiger partial charge in [-0.15, -0.1) is 0 Å². The van der Waals surface area contributed by atoms with E-state index in [9.17, 15) is 14.7 Å². The summed E-state index contributed by atoms with van der Waals surface area (Å²) < 4.78 is 22.7. The summed E-state index contributed by atoms with van der Waals surface area (Å²) in [5, 5.41) is 11.4. The van der Waals surface area contributed by atoms with Crippen molar-refractivity contribution in [3.8, 4) is 17.2 Å². The lowest BCUT2D eigenvalue weighted by Gasteiger charge is -2.25. The average molecular weight is 521 g/mol. The number of fused-ring (bicyclic) bond motifs is 1. The predicted molar refractivity (Wildman–Crippen MR) is 138 cm³/mol. The van der Waals surface area contributed by atoms with Crippen molar-refractivity contribution in [3.05, 3.63) is 76.4 Å². The third kappa shape index (κ3) is 3.89. The first-order valence-corrected chi connectivity index (χ1v) is 12.1. The molecule has 3 heterocycles. The number of benzene rings is 2. The number of aliphatic hydroxyl groups excluding tert-OH is 1. The summed E-state index contributed by atoms with van der Waals surface area (Å²) in [6.45, 7) is 3.93. The first-order valence-electron chi connectivity index (χ1n) is 11.3. The van der Waals surface area contributed by atoms with Gasteiger partial charge >= 0.3 is 0 Å². The number of aliphatic hydroxyl groups is 1. The summed E-state index contributed by atoms with van der Waals surface area (Å²) in [6, 6.07) is 9.28. The van der Waals surface area contributed by atoms with E-state index in [2.05, 4.69) is 0 Å². The fourth-order valence-electron chi connectivity index (χ4n) is 4.61. The van der Waals surface area contributed by atoms with Crippen LogP contribution in [0.3, 0.4) is 0 Å². The minimum Gasteiger partial charge on any atom is -0.503 e. The van der Waals surface area contributed by atoms with Crippen molar-refractivity contribution in [1.29, 1.82) is 0 Å². The number of aromatic nitrogens is 1. The molecular formula is C27H24N2O7S. The quantitative estimate of drug-likeness (QED) is 0.326. The number of ether oxygens (including phenoxy) is 3. The molecule has 1 aliphatic heterocycles. The van der Waals surface area contributed by atoms with Gasteiger partial charge in [-0.3, -0.25) is 14.5 Å². The Hall–Kier alpha value is -4.31. The number of furan rings is 1. The highest BCUT2D eigenvalue weighted by Gasteiger charge is 2.47. The lowest BCUT2D eigenvalue weighted by molar-refractivity contribution is -0.117. The molecule has 0 fully saturated rings. The van der Waals surface area contributed by atoms with Crippen LogP contribution in [-0.2, 0) is 4.79 Å². The van der Waals surface area contributed by atoms with Gasteiger partial charge in [0, 0.05) is 0 Å². The van der Waals surface area contributed by atoms with Crippen molar-refractivity contribution in [2.75, 3.05) is 26.2 Å². The van der Waals surface area contributed by atoms with Crippen LogP contribution in [0.5, 0.6) is 17.2 Å². The number of carbonyl (C=O) groups is 2. The summed E-state index contributed by atoms with van der Waals surface area (Å²) in [6.07, 6.45) is 1.35. The van der Waals surface area contributed by atoms with Gasteiger partial charge in [-0.1, -0.05) is 17.4 Å². The van der Waals surface area contributed by atoms with E-state index in [4.69, 9.17) is 23.6 Å². The van der Waals surface area contributed by atoms with Crippen LogP contribution in [0.25, 0.3) is 10.2 Å². The summed E-state index contributed by atoms with van der Waals surface area (Å²) in [5.41, 5.74) is 3.07. The number of anilines is 1. The number of rotatable bonds is 7. The lowest BCUT2D eigenvalue weighted by atomic mass is 9.94. The molecular weight excluding hydrogens is 496 g/mol. The molecule has 2 aromatic carbocycles. The van der Waals surface area contributed by atoms with Gasteiger partial charge in [-0.2, -0.15) is 0 Å². The third-order valence-electron chi connectivity index (χ3n) is 6.23. The Kier molecular flexibility index (Phi) is 6.12. The van der Waals surface area contributed by atoms with Crippen LogP contribution in [0.2, 0.25) is 0 Å². The van der Waals surface area contributed by atoms with E-state index in [0.717, 1.165) is 21.3 Å². The van der Waals surface area contributed by atoms with E-state index in [0.29, 0.717) is 27.9 Å². The maximum atomic E-state index is 13.5. The molecule has 1 N–H and O–H groups in total. The number of ketones is 1. The van der Waals surface area contributed by atoms with Crippen LogP contribution in [0.1, 0.15) is 33.3 Å². The van der Waals surface area contributed by atoms with Crippen LogP contribution in [0, 0.1) is 13.8 Å². The number of nitrogens with zero attached hydrogens (tertiary/aromatic N) is 2. The molecule has 5 rings (SSSR count). The van der Waals surface area contributed by atoms with Crippen LogP contribution < -0.4 is 19.1 Å². The Balaban J connectivity index is 1.75. The van der Waals surface area contributed by atoms with Crippen LogP contribution in [0.15, 0.2) is 58.4 Å². The number of aryl methyl sites for hydroxylation is 2. The summed E-state index contributed by atoms with van der Waals surface area (Å²) >= 11 is 1.30. The number of amides is 1. The summed E-state index contributed by atoms with van der Waals surface area (Å²) in [4.78, 5) is 33.1. The van der Waals surface area contributed by atoms with E-state index in [1.807, 2.05) is 26.0 Å². The van der Waals surface area contributed by atoms with Crippen molar-refractivity contribution >= 4 is 38.4 Å². The van der Waals surface area contributed by atoms with Gasteiger partial charge in [0.25, 0.3) is 5.91 Å². The summed E-state index contributed by atoms with van der Waals surface area (Å²) in [5.74, 6) is -1.04. The fraction of sp³-hybridized carbons (Fsp3) is 0.222. The molecule has 0 radical (unpaired) electrons. The Morgan fingerprint density at radius 1 is 1.08 bits per heavy atom. The highest BCUT2D eigenvalue weighted by Crippen LogP contribution is 2.48. The van der Waals surface area contributed by atoms with E-state index < -0.39 is 23.5 Å². The molecule has 37 heavy (non-hydrogen) atoms. The molecule has 1 atom stereocenters. The molecule has 1 aliphatic rings. The number of hydrogen-bond donors (Lipinski definition) is 1. The number of carbonyl (C=O) groups excluding carboxylic acids is 2. The van der Waals surface area contributed by atoms with Gasteiger partial charge in [0.05, 0.1) is 49.4 Å². The zero-order valence-electron chi connectivity index (χ0n) is 20.8. The normalized spacial score (nSPS) is 15.5. The second-order valence-electron chi connectivity index (χ2n) is 8.53. The molecule has 0 bridgehead atoms. The van der Waals surface area contributed by atoms with Gasteiger partial charge < -0.3 is 23.7 Å². The molecule has 190 valence electrons. The van der Waals surface area contributed by atoms with Crippen molar-refractivity contribution < 1.29 is 33.3 Å². The smallest absolute Gasteiger partial charge is 0.296 e. The monoisotopic (exact) mass is 520 g/mol. The largest absolute Gasteiger partial charge is 0.503 e. The van der Waals surface area contributed by atoms with Crippen molar-refractivity contribution in [2.24, 2.45) is 0 Å². The van der Waals surface area contributed by atoms with Crippen molar-refractivity contribution in [1.82, 2.24) is 4.98 Å². The number of methoxy groups -OCH3 is 3. The molecule has 0 unspecified atom stereocenters. The fourth-order valence-corrected chi connectivity index (χ4v) is 5.78. The highest BCUT2D eigenvalue weighted by atomic mass is 32.1. The Labute approximate surface area is 216 Å². The van der Waals surface area contributed by atoms with Crippen LogP contribution in [0.4, 0.5) is 5.13 Å². The zero-order chi connectivity index (χ0) is 26.4. The number of hydrogen-bond acceptors (Lipinski definition) is 9. The Morgan fingerprint density at radius 3 is 2.38 bits per heavy atom. The maximum absolute atomic E-state index is 13.5. The van der Waals surface area contributed by atoms with Gasteiger partial charge in [0.1, 0.15) is 0 Å². The topological polar surface area (TPSA) is 111 Å². The Bertz CT molecular complexity index is 1540. The minimum absolute atomic E-state index is 0.00980. The zero-order valence-corrected chi connectivity index (χ0v) is 21.6. The lowest BCUT2D eigenvalue weighted by Crippen LogP contribution is -2.31. The van der Waals surface area contributed by atoms with E-state index in [-0.39, 0.29) is 11.3 Å². The molecule has 4 aromatic rings. The molecule has 0 aliphatic carbocycles. The highest BCUT2D eigenvalue weighted by molar-refractivity contribution is 7.22. The standard InChI is InChI=1S/C27H24N2O7S/c1-13-9-14(2)21-19(10-13)37-27(28-21)29-22(15-11-17(33-3)25(35-5)18(12-15)34-4)20(24(31)26(29)32)23(30)16-7-6-8-36-16/h6-12,22,31H,1-5H3/t22-/m0/s1.